The van der Waals surface area contributed by atoms with Gasteiger partial charge in [0.05, 0.1) is 0 Å². The summed E-state index contributed by atoms with van der Waals surface area (Å²) < 4.78 is 0. The maximum Gasteiger partial charge on any atom is 0.227 e. The first-order valence-electron chi connectivity index (χ1n) is 3.46. The van der Waals surface area contributed by atoms with Crippen LogP contribution < -0.4 is 5.32 Å². The molecular formula is C8H13NO. The Morgan fingerprint density at radius 1 is 1.60 bits per heavy atom. The van der Waals surface area contributed by atoms with E-state index in [2.05, 4.69) is 11.9 Å². The minimum atomic E-state index is -0.0723. The number of carbonyl (C=O) groups excluding carboxylic acids is 1. The quantitative estimate of drug-likeness (QED) is 0.538. The lowest BCUT2D eigenvalue weighted by Gasteiger charge is -2.20. The maximum atomic E-state index is 11.0. The van der Waals surface area contributed by atoms with Crippen molar-refractivity contribution in [3.63, 3.8) is 0 Å². The van der Waals surface area contributed by atoms with Gasteiger partial charge in [-0.1, -0.05) is 27.4 Å². The third-order valence-electron chi connectivity index (χ3n) is 2.53. The van der Waals surface area contributed by atoms with E-state index in [1.807, 2.05) is 20.8 Å². The van der Waals surface area contributed by atoms with E-state index >= 15 is 0 Å². The largest absolute Gasteiger partial charge is 0.330 e. The van der Waals surface area contributed by atoms with Gasteiger partial charge in [0.15, 0.2) is 0 Å². The van der Waals surface area contributed by atoms with Crippen LogP contribution in [0.2, 0.25) is 0 Å². The molecule has 1 amide bonds. The molecule has 2 nitrogen and oxygen atoms in total. The maximum absolute atomic E-state index is 11.0. The van der Waals surface area contributed by atoms with E-state index in [-0.39, 0.29) is 17.2 Å². The van der Waals surface area contributed by atoms with Crippen LogP contribution in [0.5, 0.6) is 0 Å². The summed E-state index contributed by atoms with van der Waals surface area (Å²) in [5.74, 6) is 0.148. The lowest BCUT2D eigenvalue weighted by Crippen LogP contribution is -2.19. The second kappa shape index (κ2) is 1.84. The summed E-state index contributed by atoms with van der Waals surface area (Å²) in [7, 11) is 0. The molecule has 56 valence electrons. The third-order valence-corrected chi connectivity index (χ3v) is 2.53. The number of nitrogens with one attached hydrogen (secondary N) is 1. The van der Waals surface area contributed by atoms with Gasteiger partial charge in [-0.3, -0.25) is 4.79 Å². The van der Waals surface area contributed by atoms with Crippen LogP contribution in [0.4, 0.5) is 0 Å². The van der Waals surface area contributed by atoms with Gasteiger partial charge in [-0.05, 0) is 0 Å². The van der Waals surface area contributed by atoms with Crippen molar-refractivity contribution in [3.05, 3.63) is 12.3 Å². The second-order valence-corrected chi connectivity index (χ2v) is 3.41. The minimum Gasteiger partial charge on any atom is -0.330 e. The van der Waals surface area contributed by atoms with Gasteiger partial charge in [-0.15, -0.1) is 0 Å². The van der Waals surface area contributed by atoms with Crippen molar-refractivity contribution < 1.29 is 4.79 Å². The zero-order valence-electron chi connectivity index (χ0n) is 6.69. The third kappa shape index (κ3) is 0.753. The summed E-state index contributed by atoms with van der Waals surface area (Å²) >= 11 is 0. The van der Waals surface area contributed by atoms with Crippen molar-refractivity contribution in [2.24, 2.45) is 11.3 Å². The van der Waals surface area contributed by atoms with Crippen molar-refractivity contribution >= 4 is 5.91 Å². The van der Waals surface area contributed by atoms with Crippen LogP contribution in [0.1, 0.15) is 20.8 Å². The number of rotatable bonds is 0. The molecule has 0 bridgehead atoms. The van der Waals surface area contributed by atoms with Crippen LogP contribution in [0.3, 0.4) is 0 Å². The van der Waals surface area contributed by atoms with Gasteiger partial charge >= 0.3 is 0 Å². The Morgan fingerprint density at radius 3 is 2.20 bits per heavy atom. The Balaban J connectivity index is 2.96. The molecule has 10 heavy (non-hydrogen) atoms. The molecule has 1 unspecified atom stereocenters. The number of hydrogen-bond acceptors (Lipinski definition) is 1. The number of carbonyl (C=O) groups is 1. The summed E-state index contributed by atoms with van der Waals surface area (Å²) in [5.41, 5.74) is 0.766. The molecule has 0 radical (unpaired) electrons. The topological polar surface area (TPSA) is 29.1 Å². The van der Waals surface area contributed by atoms with Crippen molar-refractivity contribution in [3.8, 4) is 0 Å². The lowest BCUT2D eigenvalue weighted by molar-refractivity contribution is -0.123. The van der Waals surface area contributed by atoms with E-state index in [0.717, 1.165) is 5.70 Å². The summed E-state index contributed by atoms with van der Waals surface area (Å²) in [5, 5.41) is 2.72. The molecule has 1 aliphatic heterocycles. The molecule has 0 aromatic heterocycles. The minimum absolute atomic E-state index is 0.0556. The van der Waals surface area contributed by atoms with Gasteiger partial charge in [0.1, 0.15) is 0 Å². The van der Waals surface area contributed by atoms with Gasteiger partial charge in [0, 0.05) is 17.0 Å². The van der Waals surface area contributed by atoms with E-state index < -0.39 is 0 Å². The van der Waals surface area contributed by atoms with E-state index in [1.54, 1.807) is 0 Å². The predicted octanol–water partition coefficient (Wildman–Crippen LogP) is 1.29. The number of hydrogen-bond donors (Lipinski definition) is 1. The molecule has 0 aromatic carbocycles. The number of amides is 1. The van der Waals surface area contributed by atoms with Crippen LogP contribution >= 0.6 is 0 Å². The first kappa shape index (κ1) is 7.32. The summed E-state index contributed by atoms with van der Waals surface area (Å²) in [6.07, 6.45) is 0. The number of allylic oxidation sites excluding steroid dienone is 1. The molecule has 0 aromatic rings. The lowest BCUT2D eigenvalue weighted by atomic mass is 9.81. The Morgan fingerprint density at radius 2 is 2.10 bits per heavy atom. The molecule has 1 saturated heterocycles. The first-order chi connectivity index (χ1) is 4.46. The van der Waals surface area contributed by atoms with Crippen molar-refractivity contribution in [1.29, 1.82) is 0 Å². The zero-order valence-corrected chi connectivity index (χ0v) is 6.69. The molecule has 0 saturated carbocycles. The summed E-state index contributed by atoms with van der Waals surface area (Å²) in [4.78, 5) is 11.0. The first-order valence-corrected chi connectivity index (χ1v) is 3.46. The van der Waals surface area contributed by atoms with Gasteiger partial charge < -0.3 is 5.32 Å². The SMILES string of the molecule is C=C1NC(=O)C(C)C1(C)C. The normalized spacial score (nSPS) is 30.5. The molecule has 2 heteroatoms. The fourth-order valence-electron chi connectivity index (χ4n) is 1.01. The predicted molar refractivity (Wildman–Crippen MR) is 40.2 cm³/mol. The van der Waals surface area contributed by atoms with E-state index in [0.29, 0.717) is 0 Å². The molecular weight excluding hydrogens is 126 g/mol. The molecule has 1 fully saturated rings. The molecule has 1 heterocycles. The second-order valence-electron chi connectivity index (χ2n) is 3.41. The smallest absolute Gasteiger partial charge is 0.227 e. The van der Waals surface area contributed by atoms with Crippen LogP contribution in [0.15, 0.2) is 12.3 Å². The summed E-state index contributed by atoms with van der Waals surface area (Å²) in [6, 6.07) is 0. The fourth-order valence-corrected chi connectivity index (χ4v) is 1.01. The molecule has 1 N–H and O–H groups in total. The van der Waals surface area contributed by atoms with Crippen molar-refractivity contribution in [1.82, 2.24) is 5.32 Å². The summed E-state index contributed by atoms with van der Waals surface area (Å²) in [6.45, 7) is 9.75. The Kier molecular flexibility index (Phi) is 1.35. The van der Waals surface area contributed by atoms with E-state index in [4.69, 9.17) is 0 Å². The average molecular weight is 139 g/mol. The van der Waals surface area contributed by atoms with Crippen LogP contribution in [-0.2, 0) is 4.79 Å². The Bertz CT molecular complexity index is 193. The average Bonchev–Trinajstić information content (AvgIpc) is 1.97. The van der Waals surface area contributed by atoms with E-state index in [9.17, 15) is 4.79 Å². The van der Waals surface area contributed by atoms with Crippen LogP contribution in [-0.4, -0.2) is 5.91 Å². The van der Waals surface area contributed by atoms with Crippen LogP contribution in [0.25, 0.3) is 0 Å². The fraction of sp³-hybridized carbons (Fsp3) is 0.625. The van der Waals surface area contributed by atoms with Crippen LogP contribution in [0, 0.1) is 11.3 Å². The highest BCUT2D eigenvalue weighted by Gasteiger charge is 2.40. The monoisotopic (exact) mass is 139 g/mol. The molecule has 0 spiro atoms. The molecule has 1 rings (SSSR count). The van der Waals surface area contributed by atoms with Gasteiger partial charge in [-0.25, -0.2) is 0 Å². The zero-order chi connectivity index (χ0) is 7.94. The van der Waals surface area contributed by atoms with Gasteiger partial charge in [-0.2, -0.15) is 0 Å². The van der Waals surface area contributed by atoms with Crippen molar-refractivity contribution in [2.75, 3.05) is 0 Å². The molecule has 1 atom stereocenters. The Hall–Kier alpha value is -0.790. The Labute approximate surface area is 61.3 Å². The standard InChI is InChI=1S/C8H13NO/c1-5-7(10)9-6(2)8(5,3)4/h5H,2H2,1,3-4H3,(H,9,10). The van der Waals surface area contributed by atoms with E-state index in [1.165, 1.54) is 0 Å². The van der Waals surface area contributed by atoms with Gasteiger partial charge in [0.2, 0.25) is 5.91 Å². The van der Waals surface area contributed by atoms with Crippen molar-refractivity contribution in [2.45, 2.75) is 20.8 Å². The van der Waals surface area contributed by atoms with Gasteiger partial charge in [0.25, 0.3) is 0 Å². The highest BCUT2D eigenvalue weighted by Crippen LogP contribution is 2.37. The highest BCUT2D eigenvalue weighted by molar-refractivity contribution is 5.84. The molecule has 1 aliphatic rings. The molecule has 0 aliphatic carbocycles. The highest BCUT2D eigenvalue weighted by atomic mass is 16.2.